The first-order valence-corrected chi connectivity index (χ1v) is 5.16. The van der Waals surface area contributed by atoms with Gasteiger partial charge in [-0.15, -0.1) is 0 Å². The van der Waals surface area contributed by atoms with E-state index in [2.05, 4.69) is 9.88 Å². The molecule has 1 unspecified atom stereocenters. The first-order chi connectivity index (χ1) is 7.27. The summed E-state index contributed by atoms with van der Waals surface area (Å²) in [7, 11) is 0. The van der Waals surface area contributed by atoms with Crippen molar-refractivity contribution in [2.24, 2.45) is 0 Å². The van der Waals surface area contributed by atoms with Crippen LogP contribution in [0.5, 0.6) is 0 Å². The molecule has 2 heterocycles. The number of aromatic nitrogens is 1. The number of aliphatic carboxylic acids is 1. The summed E-state index contributed by atoms with van der Waals surface area (Å²) in [6.07, 6.45) is 5.74. The Kier molecular flexibility index (Phi) is 2.85. The third kappa shape index (κ3) is 2.26. The van der Waals surface area contributed by atoms with Crippen LogP contribution >= 0.6 is 0 Å². The van der Waals surface area contributed by atoms with Gasteiger partial charge < -0.3 is 10.0 Å². The van der Waals surface area contributed by atoms with Gasteiger partial charge in [-0.2, -0.15) is 0 Å². The molecule has 1 aliphatic rings. The molecule has 0 aliphatic carbocycles. The monoisotopic (exact) mass is 206 g/mol. The zero-order chi connectivity index (χ0) is 10.7. The summed E-state index contributed by atoms with van der Waals surface area (Å²) in [5, 5.41) is 8.80. The molecule has 80 valence electrons. The van der Waals surface area contributed by atoms with Crippen LogP contribution in [0.25, 0.3) is 0 Å². The maximum Gasteiger partial charge on any atom is 0.305 e. The van der Waals surface area contributed by atoms with E-state index in [1.165, 1.54) is 0 Å². The second-order valence-corrected chi connectivity index (χ2v) is 3.79. The number of carboxylic acid groups (broad SMARTS) is 1. The lowest BCUT2D eigenvalue weighted by Crippen LogP contribution is -2.31. The highest BCUT2D eigenvalue weighted by Crippen LogP contribution is 2.26. The Labute approximate surface area is 88.6 Å². The van der Waals surface area contributed by atoms with Gasteiger partial charge in [-0.1, -0.05) is 0 Å². The summed E-state index contributed by atoms with van der Waals surface area (Å²) in [6, 6.07) is 4.00. The number of hydrogen-bond acceptors (Lipinski definition) is 3. The van der Waals surface area contributed by atoms with Crippen molar-refractivity contribution >= 4 is 11.7 Å². The first-order valence-electron chi connectivity index (χ1n) is 5.16. The Hall–Kier alpha value is -1.58. The minimum Gasteiger partial charge on any atom is -0.481 e. The largest absolute Gasteiger partial charge is 0.481 e. The average molecular weight is 206 g/mol. The summed E-state index contributed by atoms with van der Waals surface area (Å²) in [5.41, 5.74) is 1.08. The summed E-state index contributed by atoms with van der Waals surface area (Å²) < 4.78 is 0. The molecule has 1 saturated heterocycles. The maximum absolute atomic E-state index is 10.7. The third-order valence-electron chi connectivity index (χ3n) is 2.78. The molecule has 0 radical (unpaired) electrons. The van der Waals surface area contributed by atoms with Gasteiger partial charge in [-0.25, -0.2) is 0 Å². The molecular weight excluding hydrogens is 192 g/mol. The molecule has 0 amide bonds. The van der Waals surface area contributed by atoms with Gasteiger partial charge in [-0.3, -0.25) is 9.78 Å². The van der Waals surface area contributed by atoms with Crippen molar-refractivity contribution in [3.8, 4) is 0 Å². The highest BCUT2D eigenvalue weighted by atomic mass is 16.4. The van der Waals surface area contributed by atoms with E-state index in [0.717, 1.165) is 25.1 Å². The molecule has 4 heteroatoms. The number of nitrogens with zero attached hydrogens (tertiary/aromatic N) is 2. The molecule has 1 aromatic rings. The molecule has 1 fully saturated rings. The molecular formula is C11H14N2O2. The van der Waals surface area contributed by atoms with Crippen LogP contribution < -0.4 is 4.90 Å². The number of rotatable bonds is 3. The molecule has 0 spiro atoms. The number of pyridine rings is 1. The molecule has 15 heavy (non-hydrogen) atoms. The van der Waals surface area contributed by atoms with Crippen molar-refractivity contribution in [1.82, 2.24) is 4.98 Å². The van der Waals surface area contributed by atoms with Crippen molar-refractivity contribution in [1.29, 1.82) is 0 Å². The maximum atomic E-state index is 10.7. The van der Waals surface area contributed by atoms with Gasteiger partial charge in [0.1, 0.15) is 0 Å². The van der Waals surface area contributed by atoms with E-state index >= 15 is 0 Å². The Morgan fingerprint density at radius 2 is 2.27 bits per heavy atom. The predicted molar refractivity (Wildman–Crippen MR) is 56.9 cm³/mol. The Balaban J connectivity index is 2.11. The summed E-state index contributed by atoms with van der Waals surface area (Å²) in [4.78, 5) is 16.8. The van der Waals surface area contributed by atoms with E-state index in [-0.39, 0.29) is 12.5 Å². The SMILES string of the molecule is O=C(O)CC1CCCN1c1ccncc1. The van der Waals surface area contributed by atoms with Crippen LogP contribution in [0.1, 0.15) is 19.3 Å². The molecule has 2 rings (SSSR count). The number of carboxylic acids is 1. The van der Waals surface area contributed by atoms with Crippen molar-refractivity contribution in [2.45, 2.75) is 25.3 Å². The predicted octanol–water partition coefficient (Wildman–Crippen LogP) is 1.53. The molecule has 1 aromatic heterocycles. The van der Waals surface area contributed by atoms with E-state index in [1.54, 1.807) is 12.4 Å². The number of hydrogen-bond donors (Lipinski definition) is 1. The highest BCUT2D eigenvalue weighted by molar-refractivity contribution is 5.68. The minimum absolute atomic E-state index is 0.143. The normalized spacial score (nSPS) is 20.5. The lowest BCUT2D eigenvalue weighted by molar-refractivity contribution is -0.137. The van der Waals surface area contributed by atoms with E-state index in [0.29, 0.717) is 0 Å². The van der Waals surface area contributed by atoms with E-state index in [4.69, 9.17) is 5.11 Å². The molecule has 0 bridgehead atoms. The van der Waals surface area contributed by atoms with Gasteiger partial charge >= 0.3 is 5.97 Å². The minimum atomic E-state index is -0.721. The van der Waals surface area contributed by atoms with E-state index < -0.39 is 5.97 Å². The topological polar surface area (TPSA) is 53.4 Å². The molecule has 1 N–H and O–H groups in total. The Morgan fingerprint density at radius 1 is 1.53 bits per heavy atom. The van der Waals surface area contributed by atoms with E-state index in [1.807, 2.05) is 12.1 Å². The van der Waals surface area contributed by atoms with Crippen LogP contribution in [0.15, 0.2) is 24.5 Å². The zero-order valence-electron chi connectivity index (χ0n) is 8.47. The lowest BCUT2D eigenvalue weighted by Gasteiger charge is -2.25. The van der Waals surface area contributed by atoms with Crippen LogP contribution in [0.3, 0.4) is 0 Å². The smallest absolute Gasteiger partial charge is 0.305 e. The van der Waals surface area contributed by atoms with Crippen LogP contribution in [0, 0.1) is 0 Å². The van der Waals surface area contributed by atoms with Crippen molar-refractivity contribution in [3.63, 3.8) is 0 Å². The lowest BCUT2D eigenvalue weighted by atomic mass is 10.1. The van der Waals surface area contributed by atoms with Crippen LogP contribution in [0.2, 0.25) is 0 Å². The van der Waals surface area contributed by atoms with Gasteiger partial charge in [0.25, 0.3) is 0 Å². The van der Waals surface area contributed by atoms with Crippen molar-refractivity contribution in [3.05, 3.63) is 24.5 Å². The summed E-state index contributed by atoms with van der Waals surface area (Å²) in [5.74, 6) is -0.721. The fourth-order valence-corrected chi connectivity index (χ4v) is 2.12. The van der Waals surface area contributed by atoms with Crippen LogP contribution in [-0.4, -0.2) is 28.6 Å². The summed E-state index contributed by atoms with van der Waals surface area (Å²) >= 11 is 0. The van der Waals surface area contributed by atoms with Crippen LogP contribution in [-0.2, 0) is 4.79 Å². The number of carbonyl (C=O) groups is 1. The molecule has 1 aliphatic heterocycles. The molecule has 0 saturated carbocycles. The average Bonchev–Trinajstić information content (AvgIpc) is 2.66. The second kappa shape index (κ2) is 4.29. The van der Waals surface area contributed by atoms with Gasteiger partial charge in [0.15, 0.2) is 0 Å². The van der Waals surface area contributed by atoms with Crippen molar-refractivity contribution in [2.75, 3.05) is 11.4 Å². The highest BCUT2D eigenvalue weighted by Gasteiger charge is 2.26. The van der Waals surface area contributed by atoms with Gasteiger partial charge in [0.05, 0.1) is 6.42 Å². The molecule has 1 atom stereocenters. The van der Waals surface area contributed by atoms with Gasteiger partial charge in [0, 0.05) is 30.7 Å². The Bertz CT molecular complexity index is 340. The quantitative estimate of drug-likeness (QED) is 0.814. The van der Waals surface area contributed by atoms with Gasteiger partial charge in [0.2, 0.25) is 0 Å². The van der Waals surface area contributed by atoms with Crippen molar-refractivity contribution < 1.29 is 9.90 Å². The van der Waals surface area contributed by atoms with Gasteiger partial charge in [-0.05, 0) is 25.0 Å². The fraction of sp³-hybridized carbons (Fsp3) is 0.455. The van der Waals surface area contributed by atoms with Crippen LogP contribution in [0.4, 0.5) is 5.69 Å². The standard InChI is InChI=1S/C11H14N2O2/c14-11(15)8-10-2-1-7-13(10)9-3-5-12-6-4-9/h3-6,10H,1-2,7-8H2,(H,14,15). The Morgan fingerprint density at radius 3 is 2.93 bits per heavy atom. The second-order valence-electron chi connectivity index (χ2n) is 3.79. The third-order valence-corrected chi connectivity index (χ3v) is 2.78. The fourth-order valence-electron chi connectivity index (χ4n) is 2.12. The first kappa shape index (κ1) is 9.96. The van der Waals surface area contributed by atoms with E-state index in [9.17, 15) is 4.79 Å². The summed E-state index contributed by atoms with van der Waals surface area (Å²) in [6.45, 7) is 0.946. The zero-order valence-corrected chi connectivity index (χ0v) is 8.47. The number of anilines is 1. The molecule has 4 nitrogen and oxygen atoms in total. The molecule has 0 aromatic carbocycles.